The molecule has 98 valence electrons. The lowest BCUT2D eigenvalue weighted by Crippen LogP contribution is -2.24. The van der Waals surface area contributed by atoms with E-state index in [1.807, 2.05) is 0 Å². The van der Waals surface area contributed by atoms with E-state index in [9.17, 15) is 22.8 Å². The fourth-order valence-corrected chi connectivity index (χ4v) is 1.54. The van der Waals surface area contributed by atoms with Gasteiger partial charge in [0.05, 0.1) is 6.61 Å². The van der Waals surface area contributed by atoms with E-state index in [0.717, 1.165) is 6.92 Å². The molecule has 0 amide bonds. The van der Waals surface area contributed by atoms with E-state index in [1.165, 1.54) is 6.92 Å². The van der Waals surface area contributed by atoms with Crippen LogP contribution >= 0.6 is 0 Å². The summed E-state index contributed by atoms with van der Waals surface area (Å²) < 4.78 is 44.3. The van der Waals surface area contributed by atoms with Gasteiger partial charge in [0.2, 0.25) is 0 Å². The second-order valence-electron chi connectivity index (χ2n) is 3.58. The van der Waals surface area contributed by atoms with Gasteiger partial charge >= 0.3 is 5.97 Å². The van der Waals surface area contributed by atoms with Crippen LogP contribution in [0.1, 0.15) is 25.3 Å². The number of ether oxygens (including phenoxy) is 1. The molecule has 1 atom stereocenters. The third kappa shape index (κ3) is 2.88. The van der Waals surface area contributed by atoms with Gasteiger partial charge in [-0.15, -0.1) is 0 Å². The third-order valence-electron chi connectivity index (χ3n) is 2.26. The average molecular weight is 260 g/mol. The summed E-state index contributed by atoms with van der Waals surface area (Å²) in [6.07, 6.45) is 0. The number of Topliss-reactive ketones (excluding diaryl/α,β-unsaturated/α-hetero) is 1. The Morgan fingerprint density at radius 3 is 2.11 bits per heavy atom. The minimum Gasteiger partial charge on any atom is -0.465 e. The van der Waals surface area contributed by atoms with Crippen LogP contribution in [0.4, 0.5) is 13.2 Å². The SMILES string of the molecule is CCOC(=O)C(C(C)=O)c1c(F)cc(F)cc1F. The van der Waals surface area contributed by atoms with Crippen LogP contribution in [0.5, 0.6) is 0 Å². The van der Waals surface area contributed by atoms with Gasteiger partial charge in [-0.2, -0.15) is 0 Å². The molecular formula is C12H11F3O3. The zero-order valence-corrected chi connectivity index (χ0v) is 9.80. The number of ketones is 1. The van der Waals surface area contributed by atoms with E-state index in [4.69, 9.17) is 0 Å². The van der Waals surface area contributed by atoms with Crippen LogP contribution in [0.25, 0.3) is 0 Å². The highest BCUT2D eigenvalue weighted by atomic mass is 19.1. The van der Waals surface area contributed by atoms with Crippen LogP contribution in [0.2, 0.25) is 0 Å². The van der Waals surface area contributed by atoms with Crippen molar-refractivity contribution >= 4 is 11.8 Å². The number of hydrogen-bond donors (Lipinski definition) is 0. The van der Waals surface area contributed by atoms with Crippen molar-refractivity contribution in [2.45, 2.75) is 19.8 Å². The molecule has 1 rings (SSSR count). The summed E-state index contributed by atoms with van der Waals surface area (Å²) >= 11 is 0. The number of rotatable bonds is 4. The molecule has 1 aromatic carbocycles. The molecule has 0 spiro atoms. The van der Waals surface area contributed by atoms with Crippen molar-refractivity contribution in [1.29, 1.82) is 0 Å². The van der Waals surface area contributed by atoms with Gasteiger partial charge < -0.3 is 4.74 Å². The Morgan fingerprint density at radius 2 is 1.72 bits per heavy atom. The molecule has 0 aliphatic heterocycles. The van der Waals surface area contributed by atoms with Crippen LogP contribution in [-0.2, 0) is 14.3 Å². The average Bonchev–Trinajstić information content (AvgIpc) is 2.22. The normalized spacial score (nSPS) is 12.1. The summed E-state index contributed by atoms with van der Waals surface area (Å²) in [5.41, 5.74) is -0.789. The van der Waals surface area contributed by atoms with Gasteiger partial charge in [0.25, 0.3) is 0 Å². The maximum absolute atomic E-state index is 13.5. The number of esters is 1. The van der Waals surface area contributed by atoms with Crippen molar-refractivity contribution < 1.29 is 27.5 Å². The molecule has 0 aliphatic rings. The number of benzene rings is 1. The zero-order valence-electron chi connectivity index (χ0n) is 9.80. The maximum Gasteiger partial charge on any atom is 0.321 e. The van der Waals surface area contributed by atoms with Crippen LogP contribution in [0.15, 0.2) is 12.1 Å². The first-order chi connectivity index (χ1) is 8.38. The zero-order chi connectivity index (χ0) is 13.9. The number of carbonyl (C=O) groups is 2. The quantitative estimate of drug-likeness (QED) is 0.616. The number of halogens is 3. The molecule has 0 radical (unpaired) electrons. The van der Waals surface area contributed by atoms with E-state index in [0.29, 0.717) is 12.1 Å². The highest BCUT2D eigenvalue weighted by Crippen LogP contribution is 2.26. The van der Waals surface area contributed by atoms with Gasteiger partial charge in [-0.25, -0.2) is 13.2 Å². The molecule has 0 heterocycles. The smallest absolute Gasteiger partial charge is 0.321 e. The lowest BCUT2D eigenvalue weighted by Gasteiger charge is -2.14. The standard InChI is InChI=1S/C12H11F3O3/c1-3-18-12(17)10(6(2)16)11-8(14)4-7(13)5-9(11)15/h4-5,10H,3H2,1-2H3. The fourth-order valence-electron chi connectivity index (χ4n) is 1.54. The maximum atomic E-state index is 13.5. The molecule has 18 heavy (non-hydrogen) atoms. The summed E-state index contributed by atoms with van der Waals surface area (Å²) in [7, 11) is 0. The summed E-state index contributed by atoms with van der Waals surface area (Å²) in [5.74, 6) is -7.26. The summed E-state index contributed by atoms with van der Waals surface area (Å²) in [6, 6.07) is 0.821. The Labute approximate surface area is 102 Å². The van der Waals surface area contributed by atoms with Crippen LogP contribution in [0, 0.1) is 17.5 Å². The number of hydrogen-bond acceptors (Lipinski definition) is 3. The Bertz CT molecular complexity index is 462. The predicted molar refractivity (Wildman–Crippen MR) is 56.4 cm³/mol. The number of carbonyl (C=O) groups excluding carboxylic acids is 2. The molecule has 0 saturated carbocycles. The lowest BCUT2D eigenvalue weighted by atomic mass is 9.94. The van der Waals surface area contributed by atoms with Crippen LogP contribution in [0.3, 0.4) is 0 Å². The first-order valence-electron chi connectivity index (χ1n) is 5.20. The minimum atomic E-state index is -1.72. The molecule has 3 nitrogen and oxygen atoms in total. The van der Waals surface area contributed by atoms with Gasteiger partial charge in [-0.1, -0.05) is 0 Å². The summed E-state index contributed by atoms with van der Waals surface area (Å²) in [4.78, 5) is 22.8. The highest BCUT2D eigenvalue weighted by Gasteiger charge is 2.32. The monoisotopic (exact) mass is 260 g/mol. The van der Waals surface area contributed by atoms with E-state index >= 15 is 0 Å². The van der Waals surface area contributed by atoms with Gasteiger partial charge in [0, 0.05) is 17.7 Å². The Morgan fingerprint density at radius 1 is 1.22 bits per heavy atom. The molecule has 0 aromatic heterocycles. The fraction of sp³-hybridized carbons (Fsp3) is 0.333. The van der Waals surface area contributed by atoms with Gasteiger partial charge in [-0.05, 0) is 13.8 Å². The largest absolute Gasteiger partial charge is 0.465 e. The third-order valence-corrected chi connectivity index (χ3v) is 2.26. The summed E-state index contributed by atoms with van der Waals surface area (Å²) in [6.45, 7) is 2.46. The van der Waals surface area contributed by atoms with Crippen molar-refractivity contribution in [3.8, 4) is 0 Å². The molecule has 1 unspecified atom stereocenters. The second-order valence-corrected chi connectivity index (χ2v) is 3.58. The van der Waals surface area contributed by atoms with E-state index in [1.54, 1.807) is 0 Å². The molecule has 0 N–H and O–H groups in total. The van der Waals surface area contributed by atoms with Crippen molar-refractivity contribution in [3.63, 3.8) is 0 Å². The van der Waals surface area contributed by atoms with Crippen molar-refractivity contribution in [2.24, 2.45) is 0 Å². The van der Waals surface area contributed by atoms with Gasteiger partial charge in [0.15, 0.2) is 0 Å². The van der Waals surface area contributed by atoms with E-state index in [2.05, 4.69) is 4.74 Å². The topological polar surface area (TPSA) is 43.4 Å². The molecule has 0 fully saturated rings. The van der Waals surface area contributed by atoms with Gasteiger partial charge in [0.1, 0.15) is 29.2 Å². The molecule has 1 aromatic rings. The van der Waals surface area contributed by atoms with Gasteiger partial charge in [-0.3, -0.25) is 9.59 Å². The molecule has 0 aliphatic carbocycles. The highest BCUT2D eigenvalue weighted by molar-refractivity contribution is 6.03. The summed E-state index contributed by atoms with van der Waals surface area (Å²) in [5, 5.41) is 0. The first-order valence-corrected chi connectivity index (χ1v) is 5.20. The minimum absolute atomic E-state index is 0.0347. The molecule has 0 saturated heterocycles. The Kier molecular flexibility index (Phi) is 4.47. The van der Waals surface area contributed by atoms with Crippen molar-refractivity contribution in [2.75, 3.05) is 6.61 Å². The predicted octanol–water partition coefficient (Wildman–Crippen LogP) is 2.34. The van der Waals surface area contributed by atoms with Crippen LogP contribution in [-0.4, -0.2) is 18.4 Å². The lowest BCUT2D eigenvalue weighted by molar-refractivity contribution is -0.147. The molecular weight excluding hydrogens is 249 g/mol. The van der Waals surface area contributed by atoms with E-state index in [-0.39, 0.29) is 6.61 Å². The Balaban J connectivity index is 3.31. The van der Waals surface area contributed by atoms with E-state index < -0.39 is 40.7 Å². The molecule has 6 heteroatoms. The molecule has 0 bridgehead atoms. The second kappa shape index (κ2) is 5.66. The van der Waals surface area contributed by atoms with Crippen molar-refractivity contribution in [1.82, 2.24) is 0 Å². The first kappa shape index (κ1) is 14.2. The Hall–Kier alpha value is -1.85. The van der Waals surface area contributed by atoms with Crippen LogP contribution < -0.4 is 0 Å². The van der Waals surface area contributed by atoms with Crippen molar-refractivity contribution in [3.05, 3.63) is 35.1 Å².